The fourth-order valence-electron chi connectivity index (χ4n) is 5.98. The van der Waals surface area contributed by atoms with Gasteiger partial charge in [0.1, 0.15) is 34.1 Å². The van der Waals surface area contributed by atoms with Crippen molar-refractivity contribution in [2.45, 2.75) is 51.1 Å². The van der Waals surface area contributed by atoms with Crippen LogP contribution in [0.15, 0.2) is 82.3 Å². The summed E-state index contributed by atoms with van der Waals surface area (Å²) in [4.78, 5) is 49.9. The van der Waals surface area contributed by atoms with Crippen molar-refractivity contribution in [1.29, 1.82) is 0 Å². The normalized spacial score (nSPS) is 18.7. The number of thioether (sulfide) groups is 1. The van der Waals surface area contributed by atoms with E-state index >= 15 is 0 Å². The summed E-state index contributed by atoms with van der Waals surface area (Å²) < 4.78 is 17.9. The van der Waals surface area contributed by atoms with Crippen molar-refractivity contribution in [2.75, 3.05) is 45.1 Å². The van der Waals surface area contributed by atoms with Crippen LogP contribution in [0.2, 0.25) is 0 Å². The molecular formula is C37H42N4O6S. The number of hydrogen-bond acceptors (Lipinski definition) is 9. The van der Waals surface area contributed by atoms with Crippen LogP contribution in [0.1, 0.15) is 43.7 Å². The topological polar surface area (TPSA) is 105 Å². The largest absolute Gasteiger partial charge is 0.493 e. The van der Waals surface area contributed by atoms with Crippen molar-refractivity contribution in [3.8, 4) is 17.1 Å². The molecule has 2 amide bonds. The van der Waals surface area contributed by atoms with E-state index in [-0.39, 0.29) is 16.7 Å². The van der Waals surface area contributed by atoms with Crippen LogP contribution in [0.4, 0.5) is 4.79 Å². The van der Waals surface area contributed by atoms with Crippen LogP contribution in [0.25, 0.3) is 22.3 Å². The molecule has 4 aromatic rings. The Bertz CT molecular complexity index is 1800. The molecule has 2 aliphatic heterocycles. The molecule has 0 radical (unpaired) electrons. The third-order valence-corrected chi connectivity index (χ3v) is 9.79. The van der Waals surface area contributed by atoms with Crippen LogP contribution in [0.3, 0.4) is 0 Å². The lowest BCUT2D eigenvalue weighted by Crippen LogP contribution is -2.55. The van der Waals surface area contributed by atoms with Gasteiger partial charge in [-0.05, 0) is 52.3 Å². The van der Waals surface area contributed by atoms with Crippen molar-refractivity contribution in [3.63, 3.8) is 0 Å². The van der Waals surface area contributed by atoms with Crippen molar-refractivity contribution in [2.24, 2.45) is 0 Å². The minimum Gasteiger partial charge on any atom is -0.493 e. The number of benzene rings is 2. The highest BCUT2D eigenvalue weighted by Gasteiger charge is 2.46. The standard InChI is InChI=1S/C37H42N4O6S/c1-25-8-10-26(11-9-25)32-22-31(42)29-13-12-28(21-33(29)46-32)45-20-6-15-39-16-18-40(19-17-39)34(43)30-24-48-35(27-7-5-14-38-23-27)41(30)36(44)47-37(2,3)4/h5,7-14,21-23,30,35H,6,15-20,24H2,1-4H3/t30-,35?/m0/s1. The van der Waals surface area contributed by atoms with E-state index in [2.05, 4.69) is 9.88 Å². The zero-order chi connectivity index (χ0) is 33.8. The minimum atomic E-state index is -0.679. The predicted molar refractivity (Wildman–Crippen MR) is 187 cm³/mol. The van der Waals surface area contributed by atoms with Gasteiger partial charge in [-0.3, -0.25) is 24.4 Å². The lowest BCUT2D eigenvalue weighted by Gasteiger charge is -2.38. The number of carbonyl (C=O) groups excluding carboxylic acids is 2. The summed E-state index contributed by atoms with van der Waals surface area (Å²) in [6.07, 6.45) is 3.75. The maximum absolute atomic E-state index is 13.8. The molecule has 2 fully saturated rings. The van der Waals surface area contributed by atoms with E-state index in [1.54, 1.807) is 47.3 Å². The first-order valence-electron chi connectivity index (χ1n) is 16.4. The second kappa shape index (κ2) is 14.4. The molecule has 0 saturated carbocycles. The summed E-state index contributed by atoms with van der Waals surface area (Å²) in [6.45, 7) is 11.5. The summed E-state index contributed by atoms with van der Waals surface area (Å²) >= 11 is 1.56. The molecule has 0 bridgehead atoms. The molecule has 2 aromatic heterocycles. The maximum atomic E-state index is 13.8. The van der Waals surface area contributed by atoms with Crippen molar-refractivity contribution >= 4 is 34.7 Å². The molecule has 252 valence electrons. The second-order valence-corrected chi connectivity index (χ2v) is 14.4. The molecule has 2 atom stereocenters. The van der Waals surface area contributed by atoms with Gasteiger partial charge in [-0.25, -0.2) is 4.79 Å². The molecule has 0 aliphatic carbocycles. The molecule has 2 aliphatic rings. The Morgan fingerprint density at radius 1 is 1.02 bits per heavy atom. The number of ether oxygens (including phenoxy) is 2. The number of carbonyl (C=O) groups is 2. The van der Waals surface area contributed by atoms with Gasteiger partial charge in [0.25, 0.3) is 0 Å². The SMILES string of the molecule is Cc1ccc(-c2cc(=O)c3ccc(OCCCN4CCN(C(=O)[C@@H]5CSC(c6cccnc6)N5C(=O)OC(C)(C)C)CC4)cc3o2)cc1. The number of fused-ring (bicyclic) bond motifs is 1. The third-order valence-electron chi connectivity index (χ3n) is 8.47. The Morgan fingerprint density at radius 2 is 1.79 bits per heavy atom. The van der Waals surface area contributed by atoms with E-state index in [0.717, 1.165) is 42.7 Å². The summed E-state index contributed by atoms with van der Waals surface area (Å²) in [6, 6.07) is 17.9. The molecule has 11 heteroatoms. The van der Waals surface area contributed by atoms with Crippen LogP contribution in [-0.4, -0.2) is 88.4 Å². The quantitative estimate of drug-likeness (QED) is 0.205. The third kappa shape index (κ3) is 7.85. The zero-order valence-electron chi connectivity index (χ0n) is 27.9. The Balaban J connectivity index is 1.01. The van der Waals surface area contributed by atoms with Gasteiger partial charge in [0.2, 0.25) is 5.91 Å². The van der Waals surface area contributed by atoms with Gasteiger partial charge in [0.15, 0.2) is 5.43 Å². The Hall–Kier alpha value is -4.35. The first kappa shape index (κ1) is 33.5. The van der Waals surface area contributed by atoms with Gasteiger partial charge in [0.05, 0.1) is 12.0 Å². The van der Waals surface area contributed by atoms with E-state index in [9.17, 15) is 14.4 Å². The van der Waals surface area contributed by atoms with Gasteiger partial charge >= 0.3 is 6.09 Å². The molecule has 10 nitrogen and oxygen atoms in total. The van der Waals surface area contributed by atoms with Gasteiger partial charge in [-0.2, -0.15) is 0 Å². The van der Waals surface area contributed by atoms with Crippen molar-refractivity contribution in [1.82, 2.24) is 19.7 Å². The first-order chi connectivity index (χ1) is 23.1. The average Bonchev–Trinajstić information content (AvgIpc) is 3.52. The molecule has 0 N–H and O–H groups in total. The van der Waals surface area contributed by atoms with Crippen molar-refractivity contribution in [3.05, 3.63) is 94.4 Å². The summed E-state index contributed by atoms with van der Waals surface area (Å²) in [5, 5.41) is 0.182. The molecule has 0 spiro atoms. The predicted octanol–water partition coefficient (Wildman–Crippen LogP) is 6.13. The number of aryl methyl sites for hydroxylation is 1. The van der Waals surface area contributed by atoms with E-state index in [1.165, 1.54) is 6.07 Å². The number of hydrogen-bond donors (Lipinski definition) is 0. The first-order valence-corrected chi connectivity index (χ1v) is 17.4. The average molecular weight is 671 g/mol. The smallest absolute Gasteiger partial charge is 0.412 e. The Labute approximate surface area is 285 Å². The van der Waals surface area contributed by atoms with Crippen LogP contribution >= 0.6 is 11.8 Å². The Kier molecular flexibility index (Phi) is 10.1. The van der Waals surface area contributed by atoms with Gasteiger partial charge in [-0.15, -0.1) is 11.8 Å². The maximum Gasteiger partial charge on any atom is 0.412 e. The van der Waals surface area contributed by atoms with E-state index in [1.807, 2.05) is 69.0 Å². The lowest BCUT2D eigenvalue weighted by molar-refractivity contribution is -0.137. The molecule has 2 aromatic carbocycles. The highest BCUT2D eigenvalue weighted by atomic mass is 32.2. The van der Waals surface area contributed by atoms with Gasteiger partial charge in [-0.1, -0.05) is 35.9 Å². The number of amides is 2. The molecule has 2 saturated heterocycles. The summed E-state index contributed by atoms with van der Waals surface area (Å²) in [5.41, 5.74) is 2.59. The van der Waals surface area contributed by atoms with Crippen LogP contribution in [0, 0.1) is 6.92 Å². The number of nitrogens with zero attached hydrogens (tertiary/aromatic N) is 4. The highest BCUT2D eigenvalue weighted by Crippen LogP contribution is 2.42. The van der Waals surface area contributed by atoms with E-state index in [0.29, 0.717) is 47.9 Å². The molecule has 6 rings (SSSR count). The second-order valence-electron chi connectivity index (χ2n) is 13.2. The number of piperazine rings is 1. The van der Waals surface area contributed by atoms with E-state index < -0.39 is 17.7 Å². The van der Waals surface area contributed by atoms with Crippen LogP contribution in [0.5, 0.6) is 5.75 Å². The van der Waals surface area contributed by atoms with Crippen LogP contribution in [-0.2, 0) is 9.53 Å². The fourth-order valence-corrected chi connectivity index (χ4v) is 7.37. The van der Waals surface area contributed by atoms with Crippen molar-refractivity contribution < 1.29 is 23.5 Å². The molecule has 48 heavy (non-hydrogen) atoms. The fraction of sp³-hybridized carbons (Fsp3) is 0.405. The van der Waals surface area contributed by atoms with Gasteiger partial charge in [0, 0.05) is 74.1 Å². The minimum absolute atomic E-state index is 0.0452. The molecule has 4 heterocycles. The zero-order valence-corrected chi connectivity index (χ0v) is 28.7. The molecule has 1 unspecified atom stereocenters. The van der Waals surface area contributed by atoms with Gasteiger partial charge < -0.3 is 18.8 Å². The van der Waals surface area contributed by atoms with E-state index in [4.69, 9.17) is 13.9 Å². The molecular weight excluding hydrogens is 628 g/mol. The summed E-state index contributed by atoms with van der Waals surface area (Å²) in [5.74, 6) is 1.63. The summed E-state index contributed by atoms with van der Waals surface area (Å²) in [7, 11) is 0. The lowest BCUT2D eigenvalue weighted by atomic mass is 10.1. The monoisotopic (exact) mass is 670 g/mol. The number of pyridine rings is 1. The highest BCUT2D eigenvalue weighted by molar-refractivity contribution is 7.99. The van der Waals surface area contributed by atoms with Crippen LogP contribution < -0.4 is 10.2 Å². The number of aromatic nitrogens is 1. The number of rotatable bonds is 8. The Morgan fingerprint density at radius 3 is 2.50 bits per heavy atom.